The Morgan fingerprint density at radius 1 is 1.20 bits per heavy atom. The molecule has 0 heterocycles. The van der Waals surface area contributed by atoms with Crippen LogP contribution in [0.5, 0.6) is 0 Å². The number of carbonyl (C=O) groups excluding carboxylic acids is 1. The summed E-state index contributed by atoms with van der Waals surface area (Å²) < 4.78 is 5.13. The molecule has 0 bridgehead atoms. The first kappa shape index (κ1) is 18.0. The Hall–Kier alpha value is 0.574. The number of hydrogen-bond donors (Lipinski definition) is 0. The predicted octanol–water partition coefficient (Wildman–Crippen LogP) is 3.40. The molecule has 0 aromatic rings. The average Bonchev–Trinajstić information content (AvgIpc) is 1.77. The first-order valence-corrected chi connectivity index (χ1v) is 5.42. The number of hydrogen-bond acceptors (Lipinski definition) is 2. The van der Waals surface area contributed by atoms with Crippen LogP contribution in [0.15, 0.2) is 0 Å². The summed E-state index contributed by atoms with van der Waals surface area (Å²) in [5.74, 6) is 0.544. The van der Waals surface area contributed by atoms with Crippen LogP contribution in [0, 0.1) is 11.3 Å². The zero-order valence-electron chi connectivity index (χ0n) is 11.0. The molecule has 0 aromatic carbocycles. The molecule has 0 atom stereocenters. The molecule has 1 radical (unpaired) electrons. The molecule has 0 N–H and O–H groups in total. The van der Waals surface area contributed by atoms with Gasteiger partial charge in [-0.25, -0.2) is 0 Å². The molecular weight excluding hydrogens is 265 g/mol. The van der Waals surface area contributed by atoms with E-state index in [9.17, 15) is 4.79 Å². The van der Waals surface area contributed by atoms with Crippen LogP contribution in [0.2, 0.25) is 0 Å². The number of esters is 1. The summed E-state index contributed by atoms with van der Waals surface area (Å²) in [6.07, 6.45) is 1.57. The third kappa shape index (κ3) is 10.8. The van der Waals surface area contributed by atoms with Crippen molar-refractivity contribution in [1.82, 2.24) is 0 Å². The van der Waals surface area contributed by atoms with Gasteiger partial charge in [-0.15, -0.1) is 0 Å². The monoisotopic (exact) mass is 289 g/mol. The molecule has 0 aromatic heterocycles. The molecule has 0 spiro atoms. The Kier molecular flexibility index (Phi) is 9.32. The van der Waals surface area contributed by atoms with E-state index in [4.69, 9.17) is 4.74 Å². The smallest absolute Gasteiger partial charge is 0.306 e. The van der Waals surface area contributed by atoms with Gasteiger partial charge in [0.05, 0.1) is 12.5 Å². The van der Waals surface area contributed by atoms with Crippen molar-refractivity contribution in [2.24, 2.45) is 11.3 Å². The molecule has 0 unspecified atom stereocenters. The van der Waals surface area contributed by atoms with Crippen LogP contribution in [0.3, 0.4) is 0 Å². The molecule has 0 aliphatic carbocycles. The van der Waals surface area contributed by atoms with Gasteiger partial charge in [0.15, 0.2) is 0 Å². The fourth-order valence-electron chi connectivity index (χ4n) is 1.87. The fourth-order valence-corrected chi connectivity index (χ4v) is 1.87. The molecule has 0 saturated heterocycles. The molecule has 87 valence electrons. The number of ether oxygens (including phenoxy) is 1. The van der Waals surface area contributed by atoms with Crippen molar-refractivity contribution in [2.45, 2.75) is 60.5 Å². The van der Waals surface area contributed by atoms with E-state index in [2.05, 4.69) is 27.7 Å². The van der Waals surface area contributed by atoms with Gasteiger partial charge in [0.25, 0.3) is 0 Å². The maximum absolute atomic E-state index is 11.4. The maximum atomic E-state index is 11.4. The van der Waals surface area contributed by atoms with E-state index in [0.717, 1.165) is 6.42 Å². The van der Waals surface area contributed by atoms with Crippen molar-refractivity contribution in [3.05, 3.63) is 0 Å². The van der Waals surface area contributed by atoms with Crippen molar-refractivity contribution >= 4 is 5.97 Å². The fraction of sp³-hybridized carbons (Fsp3) is 0.917. The van der Waals surface area contributed by atoms with Gasteiger partial charge in [0, 0.05) is 32.7 Å². The average molecular weight is 289 g/mol. The summed E-state index contributed by atoms with van der Waals surface area (Å²) in [6.45, 7) is 12.4. The quantitative estimate of drug-likeness (QED) is 0.725. The van der Waals surface area contributed by atoms with Crippen LogP contribution >= 0.6 is 0 Å². The Labute approximate surface area is 119 Å². The SMILES string of the molecule is CC(C)CC(C)(C)CC(=O)OC(C)C.[Y]. The summed E-state index contributed by atoms with van der Waals surface area (Å²) in [6, 6.07) is 0. The zero-order chi connectivity index (χ0) is 11.4. The minimum atomic E-state index is -0.0781. The van der Waals surface area contributed by atoms with Crippen LogP contribution in [-0.2, 0) is 42.2 Å². The van der Waals surface area contributed by atoms with Crippen LogP contribution in [0.4, 0.5) is 0 Å². The third-order valence-corrected chi connectivity index (χ3v) is 1.95. The van der Waals surface area contributed by atoms with Crippen molar-refractivity contribution in [3.8, 4) is 0 Å². The minimum absolute atomic E-state index is 0. The molecule has 15 heavy (non-hydrogen) atoms. The molecule has 0 rings (SSSR count). The van der Waals surface area contributed by atoms with E-state index in [1.165, 1.54) is 0 Å². The Morgan fingerprint density at radius 2 is 1.67 bits per heavy atom. The molecule has 0 amide bonds. The normalized spacial score (nSPS) is 11.5. The second kappa shape index (κ2) is 7.78. The van der Waals surface area contributed by atoms with Crippen molar-refractivity contribution in [2.75, 3.05) is 0 Å². The Morgan fingerprint density at radius 3 is 2.00 bits per heavy atom. The van der Waals surface area contributed by atoms with E-state index in [0.29, 0.717) is 12.3 Å². The summed E-state index contributed by atoms with van der Waals surface area (Å²) in [5.41, 5.74) is 0.0557. The van der Waals surface area contributed by atoms with Gasteiger partial charge in [-0.1, -0.05) is 27.7 Å². The first-order chi connectivity index (χ1) is 6.23. The van der Waals surface area contributed by atoms with Crippen LogP contribution < -0.4 is 0 Å². The van der Waals surface area contributed by atoms with Crippen LogP contribution in [0.25, 0.3) is 0 Å². The van der Waals surface area contributed by atoms with Gasteiger partial charge in [-0.3, -0.25) is 4.79 Å². The summed E-state index contributed by atoms with van der Waals surface area (Å²) >= 11 is 0. The molecule has 0 fully saturated rings. The van der Waals surface area contributed by atoms with Gasteiger partial charge < -0.3 is 4.74 Å². The standard InChI is InChI=1S/C12H24O2.Y/c1-9(2)7-12(5,6)8-11(13)14-10(3)4;/h9-10H,7-8H2,1-6H3;. The van der Waals surface area contributed by atoms with Gasteiger partial charge in [-0.05, 0) is 31.6 Å². The van der Waals surface area contributed by atoms with Crippen LogP contribution in [0.1, 0.15) is 54.4 Å². The van der Waals surface area contributed by atoms with Crippen molar-refractivity contribution < 1.29 is 42.2 Å². The summed E-state index contributed by atoms with van der Waals surface area (Å²) in [4.78, 5) is 11.4. The Bertz CT molecular complexity index is 186. The predicted molar refractivity (Wildman–Crippen MR) is 59.1 cm³/mol. The van der Waals surface area contributed by atoms with E-state index in [-0.39, 0.29) is 50.2 Å². The summed E-state index contributed by atoms with van der Waals surface area (Å²) in [5, 5.41) is 0. The van der Waals surface area contributed by atoms with Gasteiger partial charge in [0.2, 0.25) is 0 Å². The Balaban J connectivity index is 0. The van der Waals surface area contributed by atoms with E-state index in [1.54, 1.807) is 0 Å². The van der Waals surface area contributed by atoms with Crippen LogP contribution in [-0.4, -0.2) is 12.1 Å². The molecule has 0 aliphatic rings. The third-order valence-electron chi connectivity index (χ3n) is 1.95. The number of rotatable bonds is 5. The molecule has 3 heteroatoms. The second-order valence-corrected chi connectivity index (χ2v) is 5.48. The molecule has 0 saturated carbocycles. The second-order valence-electron chi connectivity index (χ2n) is 5.48. The van der Waals surface area contributed by atoms with Gasteiger partial charge in [-0.2, -0.15) is 0 Å². The van der Waals surface area contributed by atoms with Gasteiger partial charge >= 0.3 is 5.97 Å². The number of carbonyl (C=O) groups is 1. The molecule has 0 aliphatic heterocycles. The first-order valence-electron chi connectivity index (χ1n) is 5.42. The van der Waals surface area contributed by atoms with Crippen molar-refractivity contribution in [3.63, 3.8) is 0 Å². The maximum Gasteiger partial charge on any atom is 0.306 e. The van der Waals surface area contributed by atoms with E-state index < -0.39 is 0 Å². The minimum Gasteiger partial charge on any atom is -0.463 e. The van der Waals surface area contributed by atoms with Gasteiger partial charge in [0.1, 0.15) is 0 Å². The topological polar surface area (TPSA) is 26.3 Å². The van der Waals surface area contributed by atoms with E-state index >= 15 is 0 Å². The molecular formula is C12H24O2Y. The van der Waals surface area contributed by atoms with Crippen molar-refractivity contribution in [1.29, 1.82) is 0 Å². The summed E-state index contributed by atoms with van der Waals surface area (Å²) in [7, 11) is 0. The zero-order valence-corrected chi connectivity index (χ0v) is 13.8. The largest absolute Gasteiger partial charge is 0.463 e. The molecule has 2 nitrogen and oxygen atoms in total. The van der Waals surface area contributed by atoms with E-state index in [1.807, 2.05) is 13.8 Å².